The average molecular weight is 316 g/mol. The molecule has 0 radical (unpaired) electrons. The van der Waals surface area contributed by atoms with Crippen molar-refractivity contribution in [2.24, 2.45) is 7.05 Å². The SMILES string of the molecule is Cc1nn(C)cc1CN[C@@H]1CCC(=O)N[C@H]1c1cccc(F)c1. The van der Waals surface area contributed by atoms with Crippen LogP contribution < -0.4 is 10.6 Å². The van der Waals surface area contributed by atoms with Crippen molar-refractivity contribution in [1.82, 2.24) is 20.4 Å². The molecule has 122 valence electrons. The summed E-state index contributed by atoms with van der Waals surface area (Å²) >= 11 is 0. The Kier molecular flexibility index (Phi) is 4.43. The van der Waals surface area contributed by atoms with Gasteiger partial charge in [0.2, 0.25) is 5.91 Å². The Bertz CT molecular complexity index is 712. The minimum atomic E-state index is -0.288. The molecule has 3 rings (SSSR count). The molecule has 23 heavy (non-hydrogen) atoms. The van der Waals surface area contributed by atoms with Gasteiger partial charge < -0.3 is 10.6 Å². The number of hydrogen-bond acceptors (Lipinski definition) is 3. The van der Waals surface area contributed by atoms with Crippen molar-refractivity contribution in [2.75, 3.05) is 0 Å². The Labute approximate surface area is 134 Å². The van der Waals surface area contributed by atoms with Crippen LogP contribution in [0, 0.1) is 12.7 Å². The van der Waals surface area contributed by atoms with Crippen molar-refractivity contribution in [3.05, 3.63) is 53.1 Å². The lowest BCUT2D eigenvalue weighted by Gasteiger charge is -2.33. The second-order valence-corrected chi connectivity index (χ2v) is 6.04. The van der Waals surface area contributed by atoms with Gasteiger partial charge in [0.05, 0.1) is 11.7 Å². The van der Waals surface area contributed by atoms with Gasteiger partial charge in [-0.1, -0.05) is 12.1 Å². The normalized spacial score (nSPS) is 21.3. The molecule has 1 aliphatic rings. The Hall–Kier alpha value is -2.21. The number of amides is 1. The number of nitrogens with zero attached hydrogens (tertiary/aromatic N) is 2. The van der Waals surface area contributed by atoms with Gasteiger partial charge in [0, 0.05) is 37.8 Å². The third-order valence-corrected chi connectivity index (χ3v) is 4.28. The Morgan fingerprint density at radius 1 is 1.48 bits per heavy atom. The van der Waals surface area contributed by atoms with E-state index in [0.29, 0.717) is 13.0 Å². The van der Waals surface area contributed by atoms with E-state index in [2.05, 4.69) is 15.7 Å². The molecule has 6 heteroatoms. The van der Waals surface area contributed by atoms with Crippen LogP contribution in [0.15, 0.2) is 30.5 Å². The smallest absolute Gasteiger partial charge is 0.220 e. The summed E-state index contributed by atoms with van der Waals surface area (Å²) in [4.78, 5) is 11.8. The first-order valence-corrected chi connectivity index (χ1v) is 7.80. The topological polar surface area (TPSA) is 59.0 Å². The summed E-state index contributed by atoms with van der Waals surface area (Å²) in [6.07, 6.45) is 3.20. The number of aromatic nitrogens is 2. The first kappa shape index (κ1) is 15.7. The van der Waals surface area contributed by atoms with E-state index in [9.17, 15) is 9.18 Å². The van der Waals surface area contributed by atoms with Crippen LogP contribution in [0.2, 0.25) is 0 Å². The van der Waals surface area contributed by atoms with Crippen molar-refractivity contribution in [3.63, 3.8) is 0 Å². The molecule has 0 aliphatic carbocycles. The molecule has 5 nitrogen and oxygen atoms in total. The highest BCUT2D eigenvalue weighted by atomic mass is 19.1. The lowest BCUT2D eigenvalue weighted by molar-refractivity contribution is -0.123. The third kappa shape index (κ3) is 3.59. The largest absolute Gasteiger partial charge is 0.348 e. The van der Waals surface area contributed by atoms with E-state index in [4.69, 9.17) is 0 Å². The van der Waals surface area contributed by atoms with Crippen molar-refractivity contribution >= 4 is 5.91 Å². The molecule has 2 heterocycles. The zero-order valence-electron chi connectivity index (χ0n) is 13.3. The molecule has 1 aromatic carbocycles. The van der Waals surface area contributed by atoms with Gasteiger partial charge in [-0.3, -0.25) is 9.48 Å². The molecule has 1 aliphatic heterocycles. The molecular weight excluding hydrogens is 295 g/mol. The highest BCUT2D eigenvalue weighted by Crippen LogP contribution is 2.25. The molecule has 0 spiro atoms. The van der Waals surface area contributed by atoms with Crippen LogP contribution in [0.3, 0.4) is 0 Å². The zero-order chi connectivity index (χ0) is 16.4. The molecule has 1 amide bonds. The van der Waals surface area contributed by atoms with E-state index >= 15 is 0 Å². The minimum absolute atomic E-state index is 0.00914. The van der Waals surface area contributed by atoms with Gasteiger partial charge in [-0.15, -0.1) is 0 Å². The van der Waals surface area contributed by atoms with E-state index < -0.39 is 0 Å². The second kappa shape index (κ2) is 6.50. The van der Waals surface area contributed by atoms with Gasteiger partial charge in [0.1, 0.15) is 5.82 Å². The van der Waals surface area contributed by atoms with E-state index in [0.717, 1.165) is 23.2 Å². The van der Waals surface area contributed by atoms with Crippen molar-refractivity contribution in [3.8, 4) is 0 Å². The number of hydrogen-bond donors (Lipinski definition) is 2. The second-order valence-electron chi connectivity index (χ2n) is 6.04. The standard InChI is InChI=1S/C17H21FN4O/c1-11-13(10-22(2)21-11)9-19-15-6-7-16(23)20-17(15)12-4-3-5-14(18)8-12/h3-5,8,10,15,17,19H,6-7,9H2,1-2H3,(H,20,23)/t15-,17+/m1/s1. The van der Waals surface area contributed by atoms with Gasteiger partial charge in [-0.25, -0.2) is 4.39 Å². The fourth-order valence-electron chi connectivity index (χ4n) is 3.10. The average Bonchev–Trinajstić information content (AvgIpc) is 2.84. The Balaban J connectivity index is 1.75. The summed E-state index contributed by atoms with van der Waals surface area (Å²) in [5.74, 6) is -0.279. The minimum Gasteiger partial charge on any atom is -0.348 e. The Morgan fingerprint density at radius 3 is 3.00 bits per heavy atom. The van der Waals surface area contributed by atoms with Crippen LogP contribution in [0.5, 0.6) is 0 Å². The van der Waals surface area contributed by atoms with E-state index in [1.807, 2.05) is 26.2 Å². The molecule has 2 aromatic rings. The summed E-state index contributed by atoms with van der Waals surface area (Å²) < 4.78 is 15.3. The molecule has 2 atom stereocenters. The van der Waals surface area contributed by atoms with Crippen LogP contribution >= 0.6 is 0 Å². The lowest BCUT2D eigenvalue weighted by Crippen LogP contribution is -2.48. The number of halogens is 1. The number of rotatable bonds is 4. The first-order chi connectivity index (χ1) is 11.0. The summed E-state index contributed by atoms with van der Waals surface area (Å²) in [6, 6.07) is 6.27. The maximum Gasteiger partial charge on any atom is 0.220 e. The van der Waals surface area contributed by atoms with Crippen LogP contribution in [0.25, 0.3) is 0 Å². The zero-order valence-corrected chi connectivity index (χ0v) is 13.3. The fraction of sp³-hybridized carbons (Fsp3) is 0.412. The summed E-state index contributed by atoms with van der Waals surface area (Å²) in [6.45, 7) is 2.65. The molecule has 2 N–H and O–H groups in total. The Morgan fingerprint density at radius 2 is 2.30 bits per heavy atom. The highest BCUT2D eigenvalue weighted by molar-refractivity contribution is 5.77. The molecular formula is C17H21FN4O. The van der Waals surface area contributed by atoms with Gasteiger partial charge in [-0.2, -0.15) is 5.10 Å². The fourth-order valence-corrected chi connectivity index (χ4v) is 3.10. The van der Waals surface area contributed by atoms with Gasteiger partial charge in [-0.05, 0) is 31.0 Å². The van der Waals surface area contributed by atoms with Crippen molar-refractivity contribution in [1.29, 1.82) is 0 Å². The number of aryl methyl sites for hydroxylation is 2. The maximum absolute atomic E-state index is 13.5. The number of carbonyl (C=O) groups excluding carboxylic acids is 1. The maximum atomic E-state index is 13.5. The number of piperidine rings is 1. The summed E-state index contributed by atoms with van der Waals surface area (Å²) in [5.41, 5.74) is 2.91. The van der Waals surface area contributed by atoms with Crippen LogP contribution in [0.1, 0.15) is 35.7 Å². The number of carbonyl (C=O) groups is 1. The van der Waals surface area contributed by atoms with Crippen molar-refractivity contribution in [2.45, 2.75) is 38.4 Å². The number of benzene rings is 1. The van der Waals surface area contributed by atoms with Crippen molar-refractivity contribution < 1.29 is 9.18 Å². The van der Waals surface area contributed by atoms with E-state index in [-0.39, 0.29) is 23.8 Å². The monoisotopic (exact) mass is 316 g/mol. The summed E-state index contributed by atoms with van der Waals surface area (Å²) in [7, 11) is 1.90. The van der Waals surface area contributed by atoms with E-state index in [1.165, 1.54) is 12.1 Å². The molecule has 0 saturated carbocycles. The molecule has 0 unspecified atom stereocenters. The predicted molar refractivity (Wildman–Crippen MR) is 85.1 cm³/mol. The van der Waals surface area contributed by atoms with E-state index in [1.54, 1.807) is 10.7 Å². The third-order valence-electron chi connectivity index (χ3n) is 4.28. The molecule has 1 fully saturated rings. The van der Waals surface area contributed by atoms with Gasteiger partial charge >= 0.3 is 0 Å². The van der Waals surface area contributed by atoms with Crippen LogP contribution in [0.4, 0.5) is 4.39 Å². The summed E-state index contributed by atoms with van der Waals surface area (Å²) in [5, 5.41) is 10.8. The molecule has 1 aromatic heterocycles. The predicted octanol–water partition coefficient (Wildman–Crippen LogP) is 1.98. The quantitative estimate of drug-likeness (QED) is 0.907. The lowest BCUT2D eigenvalue weighted by atomic mass is 9.91. The molecule has 1 saturated heterocycles. The van der Waals surface area contributed by atoms with Crippen LogP contribution in [-0.4, -0.2) is 21.7 Å². The van der Waals surface area contributed by atoms with Gasteiger partial charge in [0.25, 0.3) is 0 Å². The van der Waals surface area contributed by atoms with Crippen LogP contribution in [-0.2, 0) is 18.4 Å². The highest BCUT2D eigenvalue weighted by Gasteiger charge is 2.29. The van der Waals surface area contributed by atoms with Gasteiger partial charge in [0.15, 0.2) is 0 Å². The number of nitrogens with one attached hydrogen (secondary N) is 2. The first-order valence-electron chi connectivity index (χ1n) is 7.80. The molecule has 0 bridgehead atoms.